The molecule has 0 bridgehead atoms. The van der Waals surface area contributed by atoms with Crippen LogP contribution in [0.15, 0.2) is 84.9 Å². The molecule has 0 N–H and O–H groups in total. The van der Waals surface area contributed by atoms with Crippen molar-refractivity contribution >= 4 is 34.0 Å². The molecule has 38 heavy (non-hydrogen) atoms. The summed E-state index contributed by atoms with van der Waals surface area (Å²) in [5.41, 5.74) is 1.89. The highest BCUT2D eigenvalue weighted by molar-refractivity contribution is 6.26. The van der Waals surface area contributed by atoms with E-state index in [0.717, 1.165) is 10.8 Å². The number of amides is 2. The van der Waals surface area contributed by atoms with Crippen molar-refractivity contribution in [3.63, 3.8) is 0 Å². The highest BCUT2D eigenvalue weighted by Crippen LogP contribution is 2.51. The molecule has 0 aliphatic carbocycles. The van der Waals surface area contributed by atoms with Crippen LogP contribution in [0.5, 0.6) is 17.2 Å². The second-order valence-electron chi connectivity index (χ2n) is 9.12. The minimum Gasteiger partial charge on any atom is -0.496 e. The molecule has 0 unspecified atom stereocenters. The van der Waals surface area contributed by atoms with E-state index in [9.17, 15) is 9.59 Å². The fourth-order valence-corrected chi connectivity index (χ4v) is 5.45. The largest absolute Gasteiger partial charge is 0.496 e. The minimum atomic E-state index is -1.01. The van der Waals surface area contributed by atoms with Gasteiger partial charge in [-0.3, -0.25) is 14.4 Å². The first-order valence-electron chi connectivity index (χ1n) is 12.2. The summed E-state index contributed by atoms with van der Waals surface area (Å²) in [6.45, 7) is 0. The van der Waals surface area contributed by atoms with Crippen LogP contribution in [0, 0.1) is 5.92 Å². The number of para-hydroxylation sites is 1. The van der Waals surface area contributed by atoms with Crippen molar-refractivity contribution in [3.8, 4) is 17.2 Å². The van der Waals surface area contributed by atoms with Crippen LogP contribution < -0.4 is 24.2 Å². The Morgan fingerprint density at radius 1 is 0.711 bits per heavy atom. The summed E-state index contributed by atoms with van der Waals surface area (Å²) in [5.74, 6) is -0.116. The Morgan fingerprint density at radius 2 is 1.37 bits per heavy atom. The van der Waals surface area contributed by atoms with Gasteiger partial charge in [0.1, 0.15) is 17.7 Å². The van der Waals surface area contributed by atoms with E-state index in [-0.39, 0.29) is 5.91 Å². The maximum absolute atomic E-state index is 14.2. The first kappa shape index (κ1) is 23.8. The SMILES string of the molecule is COc1cc(OC)c([C@H]2[C@H]3C(=O)N(c4cccc5ccccc45)C(=O)[C@@H]3ON2c2ccccc2)cc1OC. The zero-order chi connectivity index (χ0) is 26.4. The second-order valence-corrected chi connectivity index (χ2v) is 9.12. The highest BCUT2D eigenvalue weighted by atomic mass is 16.7. The van der Waals surface area contributed by atoms with Gasteiger partial charge in [-0.15, -0.1) is 0 Å². The molecule has 2 saturated heterocycles. The number of fused-ring (bicyclic) bond motifs is 2. The Labute approximate surface area is 219 Å². The third-order valence-corrected chi connectivity index (χ3v) is 7.19. The molecule has 2 amide bonds. The maximum atomic E-state index is 14.2. The van der Waals surface area contributed by atoms with Crippen LogP contribution in [0.2, 0.25) is 0 Å². The van der Waals surface area contributed by atoms with Gasteiger partial charge in [0.25, 0.3) is 5.91 Å². The number of hydrogen-bond donors (Lipinski definition) is 0. The van der Waals surface area contributed by atoms with Gasteiger partial charge in [0, 0.05) is 17.0 Å². The number of benzene rings is 4. The van der Waals surface area contributed by atoms with Crippen molar-refractivity contribution in [1.29, 1.82) is 0 Å². The number of anilines is 2. The molecule has 0 spiro atoms. The number of methoxy groups -OCH3 is 3. The van der Waals surface area contributed by atoms with Crippen LogP contribution in [0.3, 0.4) is 0 Å². The van der Waals surface area contributed by atoms with E-state index >= 15 is 0 Å². The molecule has 2 fully saturated rings. The van der Waals surface area contributed by atoms with E-state index in [2.05, 4.69) is 0 Å². The number of imide groups is 1. The van der Waals surface area contributed by atoms with E-state index in [1.54, 1.807) is 44.6 Å². The third kappa shape index (κ3) is 3.56. The van der Waals surface area contributed by atoms with Crippen molar-refractivity contribution in [1.82, 2.24) is 0 Å². The summed E-state index contributed by atoms with van der Waals surface area (Å²) >= 11 is 0. The Morgan fingerprint density at radius 3 is 2.11 bits per heavy atom. The van der Waals surface area contributed by atoms with Crippen LogP contribution in [0.4, 0.5) is 11.4 Å². The van der Waals surface area contributed by atoms with Gasteiger partial charge < -0.3 is 14.2 Å². The number of hydrogen-bond acceptors (Lipinski definition) is 7. The minimum absolute atomic E-state index is 0.336. The van der Waals surface area contributed by atoms with Crippen molar-refractivity contribution < 1.29 is 28.6 Å². The Bertz CT molecular complexity index is 1530. The molecule has 2 aliphatic rings. The van der Waals surface area contributed by atoms with E-state index in [1.165, 1.54) is 4.90 Å². The zero-order valence-corrected chi connectivity index (χ0v) is 21.2. The van der Waals surface area contributed by atoms with Gasteiger partial charge in [-0.25, -0.2) is 9.96 Å². The quantitative estimate of drug-likeness (QED) is 0.341. The van der Waals surface area contributed by atoms with E-state index in [4.69, 9.17) is 19.0 Å². The topological polar surface area (TPSA) is 77.5 Å². The molecule has 3 atom stereocenters. The first-order chi connectivity index (χ1) is 18.6. The summed E-state index contributed by atoms with van der Waals surface area (Å²) in [6, 6.07) is 25.5. The van der Waals surface area contributed by atoms with E-state index in [1.807, 2.05) is 66.7 Å². The lowest BCUT2D eigenvalue weighted by molar-refractivity contribution is -0.126. The number of carbonyl (C=O) groups is 2. The molecule has 2 heterocycles. The molecule has 0 aromatic heterocycles. The number of ether oxygens (including phenoxy) is 3. The number of carbonyl (C=O) groups excluding carboxylic acids is 2. The van der Waals surface area contributed by atoms with Crippen LogP contribution in [-0.2, 0) is 14.4 Å². The van der Waals surface area contributed by atoms with Gasteiger partial charge in [0.05, 0.1) is 32.7 Å². The Hall–Kier alpha value is -4.56. The van der Waals surface area contributed by atoms with Gasteiger partial charge >= 0.3 is 0 Å². The zero-order valence-electron chi connectivity index (χ0n) is 21.2. The maximum Gasteiger partial charge on any atom is 0.266 e. The van der Waals surface area contributed by atoms with E-state index in [0.29, 0.717) is 34.2 Å². The molecule has 8 nitrogen and oxygen atoms in total. The lowest BCUT2D eigenvalue weighted by Gasteiger charge is -2.30. The van der Waals surface area contributed by atoms with Gasteiger partial charge in [0.2, 0.25) is 5.91 Å². The van der Waals surface area contributed by atoms with Gasteiger partial charge in [0.15, 0.2) is 17.6 Å². The molecule has 4 aromatic rings. The molecule has 192 valence electrons. The van der Waals surface area contributed by atoms with Crippen LogP contribution >= 0.6 is 0 Å². The molecular formula is C30H26N2O6. The van der Waals surface area contributed by atoms with Crippen molar-refractivity contribution in [3.05, 3.63) is 90.5 Å². The monoisotopic (exact) mass is 510 g/mol. The summed E-state index contributed by atoms with van der Waals surface area (Å²) in [4.78, 5) is 35.6. The third-order valence-electron chi connectivity index (χ3n) is 7.19. The van der Waals surface area contributed by atoms with Crippen LogP contribution in [0.1, 0.15) is 11.6 Å². The van der Waals surface area contributed by atoms with Crippen molar-refractivity contribution in [2.24, 2.45) is 5.92 Å². The Balaban J connectivity index is 1.51. The van der Waals surface area contributed by atoms with Crippen LogP contribution in [-0.4, -0.2) is 39.2 Å². The first-order valence-corrected chi connectivity index (χ1v) is 12.2. The predicted molar refractivity (Wildman–Crippen MR) is 143 cm³/mol. The lowest BCUT2D eigenvalue weighted by atomic mass is 9.89. The predicted octanol–water partition coefficient (Wildman–Crippen LogP) is 4.92. The lowest BCUT2D eigenvalue weighted by Crippen LogP contribution is -2.37. The second kappa shape index (κ2) is 9.39. The highest BCUT2D eigenvalue weighted by Gasteiger charge is 2.61. The van der Waals surface area contributed by atoms with Gasteiger partial charge in [-0.2, -0.15) is 0 Å². The van der Waals surface area contributed by atoms with Gasteiger partial charge in [-0.05, 0) is 29.7 Å². The molecule has 8 heteroatoms. The van der Waals surface area contributed by atoms with Gasteiger partial charge in [-0.1, -0.05) is 54.6 Å². The van der Waals surface area contributed by atoms with E-state index < -0.39 is 24.0 Å². The number of nitrogens with zero attached hydrogens (tertiary/aromatic N) is 2. The number of rotatable bonds is 6. The summed E-state index contributed by atoms with van der Waals surface area (Å²) in [6.07, 6.45) is -1.01. The molecule has 0 saturated carbocycles. The summed E-state index contributed by atoms with van der Waals surface area (Å²) in [5, 5.41) is 3.39. The summed E-state index contributed by atoms with van der Waals surface area (Å²) < 4.78 is 16.8. The van der Waals surface area contributed by atoms with Crippen molar-refractivity contribution in [2.45, 2.75) is 12.1 Å². The Kier molecular flexibility index (Phi) is 5.88. The number of hydroxylamine groups is 1. The molecule has 4 aromatic carbocycles. The average molecular weight is 511 g/mol. The van der Waals surface area contributed by atoms with Crippen LogP contribution in [0.25, 0.3) is 10.8 Å². The fourth-order valence-electron chi connectivity index (χ4n) is 5.45. The fraction of sp³-hybridized carbons (Fsp3) is 0.200. The summed E-state index contributed by atoms with van der Waals surface area (Å²) in [7, 11) is 4.64. The standard InChI is InChI=1S/C30H26N2O6/c1-35-23-17-25(37-3)24(36-2)16-21(23)27-26-28(38-32(27)19-12-5-4-6-13-19)30(34)31(29(26)33)22-15-9-11-18-10-7-8-14-20(18)22/h4-17,26-28H,1-3H3/t26-,27+,28-/m1/s1. The molecule has 2 aliphatic heterocycles. The van der Waals surface area contributed by atoms with Crippen molar-refractivity contribution in [2.75, 3.05) is 31.3 Å². The molecule has 6 rings (SSSR count). The smallest absolute Gasteiger partial charge is 0.266 e. The average Bonchev–Trinajstić information content (AvgIpc) is 3.47. The molecule has 0 radical (unpaired) electrons. The normalized spacial score (nSPS) is 20.7. The molecular weight excluding hydrogens is 484 g/mol.